The van der Waals surface area contributed by atoms with Gasteiger partial charge in [0.05, 0.1) is 24.2 Å². The molecule has 0 amide bonds. The lowest BCUT2D eigenvalue weighted by atomic mass is 10.1. The first kappa shape index (κ1) is 13.6. The number of hydrogen-bond acceptors (Lipinski definition) is 3. The van der Waals surface area contributed by atoms with Gasteiger partial charge in [0, 0.05) is 22.7 Å². The van der Waals surface area contributed by atoms with E-state index >= 15 is 0 Å². The lowest BCUT2D eigenvalue weighted by molar-refractivity contribution is 0.232. The molecule has 0 aliphatic heterocycles. The fraction of sp³-hybridized carbons (Fsp3) is 0.294. The van der Waals surface area contributed by atoms with E-state index in [4.69, 9.17) is 4.74 Å². The van der Waals surface area contributed by atoms with Gasteiger partial charge < -0.3 is 9.72 Å². The summed E-state index contributed by atoms with van der Waals surface area (Å²) < 4.78 is 5.61. The van der Waals surface area contributed by atoms with Gasteiger partial charge >= 0.3 is 0 Å². The van der Waals surface area contributed by atoms with Crippen LogP contribution in [0.15, 0.2) is 36.8 Å². The summed E-state index contributed by atoms with van der Waals surface area (Å²) in [6.45, 7) is 6.12. The first-order valence-corrected chi connectivity index (χ1v) is 7.26. The van der Waals surface area contributed by atoms with E-state index in [9.17, 15) is 0 Å². The highest BCUT2D eigenvalue weighted by Gasteiger charge is 2.08. The van der Waals surface area contributed by atoms with Crippen molar-refractivity contribution < 1.29 is 4.74 Å². The molecule has 0 aliphatic carbocycles. The minimum Gasteiger partial charge on any atom is -0.474 e. The number of benzene rings is 1. The van der Waals surface area contributed by atoms with Crippen molar-refractivity contribution in [2.75, 3.05) is 0 Å². The quantitative estimate of drug-likeness (QED) is 0.787. The number of nitrogens with one attached hydrogen (secondary N) is 1. The van der Waals surface area contributed by atoms with Crippen LogP contribution in [0.3, 0.4) is 0 Å². The van der Waals surface area contributed by atoms with Gasteiger partial charge in [-0.25, -0.2) is 4.98 Å². The number of ether oxygens (including phenoxy) is 1. The lowest BCUT2D eigenvalue weighted by Gasteiger charge is -2.09. The monoisotopic (exact) mass is 281 g/mol. The van der Waals surface area contributed by atoms with E-state index in [1.54, 1.807) is 12.4 Å². The summed E-state index contributed by atoms with van der Waals surface area (Å²) in [6, 6.07) is 6.30. The standard InChI is InChI=1S/C17H19N3O/c1-4-12-8-19-15-6-5-13(7-14(12)15)16-9-18-10-17(20-16)21-11(2)3/h5-11,19H,4H2,1-3H3. The summed E-state index contributed by atoms with van der Waals surface area (Å²) in [5, 5.41) is 1.24. The van der Waals surface area contributed by atoms with Crippen LogP contribution in [-0.4, -0.2) is 21.1 Å². The molecule has 0 atom stereocenters. The van der Waals surface area contributed by atoms with E-state index in [1.807, 2.05) is 13.8 Å². The van der Waals surface area contributed by atoms with E-state index in [0.29, 0.717) is 5.88 Å². The van der Waals surface area contributed by atoms with Crippen LogP contribution in [0.2, 0.25) is 0 Å². The number of nitrogens with zero attached hydrogens (tertiary/aromatic N) is 2. The molecule has 4 nitrogen and oxygen atoms in total. The van der Waals surface area contributed by atoms with E-state index in [2.05, 4.69) is 46.3 Å². The topological polar surface area (TPSA) is 50.8 Å². The first-order chi connectivity index (χ1) is 10.2. The van der Waals surface area contributed by atoms with Gasteiger partial charge in [-0.05, 0) is 38.0 Å². The second kappa shape index (κ2) is 5.56. The maximum atomic E-state index is 5.61. The van der Waals surface area contributed by atoms with Crippen LogP contribution in [0.25, 0.3) is 22.2 Å². The minimum absolute atomic E-state index is 0.0911. The van der Waals surface area contributed by atoms with Gasteiger partial charge in [0.1, 0.15) is 0 Å². The van der Waals surface area contributed by atoms with Crippen LogP contribution in [0.4, 0.5) is 0 Å². The zero-order valence-electron chi connectivity index (χ0n) is 12.6. The zero-order chi connectivity index (χ0) is 14.8. The molecule has 4 heteroatoms. The summed E-state index contributed by atoms with van der Waals surface area (Å²) in [4.78, 5) is 12.1. The van der Waals surface area contributed by atoms with E-state index < -0.39 is 0 Å². The third-order valence-electron chi connectivity index (χ3n) is 3.41. The Hall–Kier alpha value is -2.36. The van der Waals surface area contributed by atoms with E-state index in [-0.39, 0.29) is 6.10 Å². The Labute approximate surface area is 124 Å². The van der Waals surface area contributed by atoms with Crippen LogP contribution in [0, 0.1) is 0 Å². The van der Waals surface area contributed by atoms with Gasteiger partial charge in [-0.2, -0.15) is 0 Å². The second-order valence-corrected chi connectivity index (χ2v) is 5.34. The fourth-order valence-corrected chi connectivity index (χ4v) is 2.42. The van der Waals surface area contributed by atoms with Crippen molar-refractivity contribution in [1.29, 1.82) is 0 Å². The Morgan fingerprint density at radius 2 is 2.10 bits per heavy atom. The third-order valence-corrected chi connectivity index (χ3v) is 3.41. The molecule has 0 radical (unpaired) electrons. The van der Waals surface area contributed by atoms with Crippen molar-refractivity contribution in [2.45, 2.75) is 33.3 Å². The maximum Gasteiger partial charge on any atom is 0.233 e. The number of hydrogen-bond donors (Lipinski definition) is 1. The van der Waals surface area contributed by atoms with Crippen LogP contribution in [-0.2, 0) is 6.42 Å². The molecule has 21 heavy (non-hydrogen) atoms. The lowest BCUT2D eigenvalue weighted by Crippen LogP contribution is -2.07. The van der Waals surface area contributed by atoms with E-state index in [1.165, 1.54) is 10.9 Å². The molecule has 3 aromatic rings. The second-order valence-electron chi connectivity index (χ2n) is 5.34. The molecule has 0 saturated carbocycles. The van der Waals surface area contributed by atoms with Crippen LogP contribution >= 0.6 is 0 Å². The Balaban J connectivity index is 2.03. The van der Waals surface area contributed by atoms with Gasteiger partial charge in [0.2, 0.25) is 5.88 Å². The molecular formula is C17H19N3O. The molecule has 1 aromatic carbocycles. The van der Waals surface area contributed by atoms with Gasteiger partial charge in [0.15, 0.2) is 0 Å². The molecule has 0 bridgehead atoms. The smallest absolute Gasteiger partial charge is 0.233 e. The predicted molar refractivity (Wildman–Crippen MR) is 84.5 cm³/mol. The zero-order valence-corrected chi connectivity index (χ0v) is 12.6. The Morgan fingerprint density at radius 1 is 1.24 bits per heavy atom. The number of aromatic nitrogens is 3. The molecular weight excluding hydrogens is 262 g/mol. The van der Waals surface area contributed by atoms with Crippen molar-refractivity contribution in [1.82, 2.24) is 15.0 Å². The maximum absolute atomic E-state index is 5.61. The van der Waals surface area contributed by atoms with Gasteiger partial charge in [-0.1, -0.05) is 13.0 Å². The van der Waals surface area contributed by atoms with Crippen molar-refractivity contribution in [3.05, 3.63) is 42.4 Å². The molecule has 2 heterocycles. The summed E-state index contributed by atoms with van der Waals surface area (Å²) in [5.41, 5.74) is 4.35. The normalized spacial score (nSPS) is 11.2. The highest BCUT2D eigenvalue weighted by Crippen LogP contribution is 2.26. The Bertz CT molecular complexity index is 762. The molecule has 1 N–H and O–H groups in total. The van der Waals surface area contributed by atoms with Gasteiger partial charge in [-0.15, -0.1) is 0 Å². The van der Waals surface area contributed by atoms with Crippen LogP contribution in [0.1, 0.15) is 26.3 Å². The summed E-state index contributed by atoms with van der Waals surface area (Å²) in [5.74, 6) is 0.562. The highest BCUT2D eigenvalue weighted by molar-refractivity contribution is 5.87. The number of rotatable bonds is 4. The number of fused-ring (bicyclic) bond motifs is 1. The van der Waals surface area contributed by atoms with Crippen LogP contribution in [0.5, 0.6) is 5.88 Å². The number of H-pyrrole nitrogens is 1. The highest BCUT2D eigenvalue weighted by atomic mass is 16.5. The van der Waals surface area contributed by atoms with Crippen molar-refractivity contribution >= 4 is 10.9 Å². The van der Waals surface area contributed by atoms with Crippen molar-refractivity contribution in [3.63, 3.8) is 0 Å². The van der Waals surface area contributed by atoms with Gasteiger partial charge in [0.25, 0.3) is 0 Å². The minimum atomic E-state index is 0.0911. The molecule has 0 fully saturated rings. The predicted octanol–water partition coefficient (Wildman–Crippen LogP) is 3.97. The number of aromatic amines is 1. The first-order valence-electron chi connectivity index (χ1n) is 7.26. The molecule has 3 rings (SSSR count). The van der Waals surface area contributed by atoms with E-state index in [0.717, 1.165) is 23.2 Å². The van der Waals surface area contributed by atoms with Crippen LogP contribution < -0.4 is 4.74 Å². The third kappa shape index (κ3) is 2.75. The summed E-state index contributed by atoms with van der Waals surface area (Å²) >= 11 is 0. The van der Waals surface area contributed by atoms with Gasteiger partial charge in [-0.3, -0.25) is 4.98 Å². The molecule has 0 aliphatic rings. The molecule has 108 valence electrons. The molecule has 2 aromatic heterocycles. The van der Waals surface area contributed by atoms with Crippen molar-refractivity contribution in [3.8, 4) is 17.1 Å². The Morgan fingerprint density at radius 3 is 2.86 bits per heavy atom. The summed E-state index contributed by atoms with van der Waals surface area (Å²) in [7, 11) is 0. The average molecular weight is 281 g/mol. The van der Waals surface area contributed by atoms with Crippen molar-refractivity contribution in [2.24, 2.45) is 0 Å². The summed E-state index contributed by atoms with van der Waals surface area (Å²) in [6.07, 6.45) is 6.58. The fourth-order valence-electron chi connectivity index (χ4n) is 2.42. The SMILES string of the molecule is CCc1c[nH]c2ccc(-c3cncc(OC(C)C)n3)cc12. The molecule has 0 unspecified atom stereocenters. The molecule has 0 spiro atoms. The Kier molecular flexibility index (Phi) is 3.60. The molecule has 0 saturated heterocycles. The number of aryl methyl sites for hydroxylation is 1. The average Bonchev–Trinajstić information content (AvgIpc) is 2.89. The largest absolute Gasteiger partial charge is 0.474 e.